The highest BCUT2D eigenvalue weighted by Gasteiger charge is 2.34. The molecule has 1 N–H and O–H groups in total. The van der Waals surface area contributed by atoms with Gasteiger partial charge in [-0.3, -0.25) is 9.59 Å². The van der Waals surface area contributed by atoms with Gasteiger partial charge in [0.15, 0.2) is 5.75 Å². The zero-order chi connectivity index (χ0) is 24.5. The fraction of sp³-hybridized carbons (Fsp3) is 0.577. The lowest BCUT2D eigenvalue weighted by atomic mass is 9.94. The number of carboxylic acids is 1. The average Bonchev–Trinajstić information content (AvgIpc) is 3.17. The summed E-state index contributed by atoms with van der Waals surface area (Å²) in [5.41, 5.74) is 3.21. The van der Waals surface area contributed by atoms with Crippen LogP contribution in [0.4, 0.5) is 0 Å². The van der Waals surface area contributed by atoms with Gasteiger partial charge in [0.25, 0.3) is 0 Å². The Labute approximate surface area is 196 Å². The molecular formula is C26H36O7. The van der Waals surface area contributed by atoms with Gasteiger partial charge < -0.3 is 19.3 Å². The van der Waals surface area contributed by atoms with Crippen LogP contribution in [0.15, 0.2) is 11.6 Å². The Morgan fingerprint density at radius 3 is 2.55 bits per heavy atom. The standard InChI is InChI=1S/C26H36O7/c1-6-7-8-9-10-17(3)25(29)33-24-19(13-11-16(2)12-14-21(27)28)23(31-5)18(4)20-15-32-26(30)22(20)24/h11,17H,6-10,12-15H2,1-5H3,(H,27,28)/b16-11+. The number of carbonyl (C=O) groups is 3. The molecule has 0 amide bonds. The second kappa shape index (κ2) is 12.4. The van der Waals surface area contributed by atoms with E-state index in [2.05, 4.69) is 6.92 Å². The van der Waals surface area contributed by atoms with Gasteiger partial charge in [-0.2, -0.15) is 0 Å². The number of carboxylic acid groups (broad SMARTS) is 1. The molecule has 1 aromatic carbocycles. The van der Waals surface area contributed by atoms with E-state index in [0.717, 1.165) is 43.2 Å². The number of cyclic esters (lactones) is 1. The molecule has 1 aromatic rings. The van der Waals surface area contributed by atoms with Crippen molar-refractivity contribution in [3.8, 4) is 11.5 Å². The summed E-state index contributed by atoms with van der Waals surface area (Å²) >= 11 is 0. The maximum atomic E-state index is 12.9. The quantitative estimate of drug-likeness (QED) is 0.179. The van der Waals surface area contributed by atoms with E-state index in [1.165, 1.54) is 0 Å². The first-order valence-electron chi connectivity index (χ1n) is 11.7. The molecule has 0 bridgehead atoms. The van der Waals surface area contributed by atoms with Gasteiger partial charge in [0.2, 0.25) is 0 Å². The normalized spacial score (nSPS) is 14.0. The zero-order valence-electron chi connectivity index (χ0n) is 20.4. The first kappa shape index (κ1) is 26.4. The second-order valence-electron chi connectivity index (χ2n) is 8.72. The molecule has 1 aliphatic rings. The van der Waals surface area contributed by atoms with Crippen LogP contribution < -0.4 is 9.47 Å². The summed E-state index contributed by atoms with van der Waals surface area (Å²) < 4.78 is 16.8. The number of rotatable bonds is 13. The van der Waals surface area contributed by atoms with Gasteiger partial charge in [-0.05, 0) is 38.7 Å². The van der Waals surface area contributed by atoms with Crippen LogP contribution in [-0.4, -0.2) is 30.1 Å². The molecule has 7 heteroatoms. The zero-order valence-corrected chi connectivity index (χ0v) is 20.4. The van der Waals surface area contributed by atoms with Crippen molar-refractivity contribution in [2.75, 3.05) is 7.11 Å². The maximum Gasteiger partial charge on any atom is 0.342 e. The Kier molecular flexibility index (Phi) is 9.95. The number of methoxy groups -OCH3 is 1. The minimum Gasteiger partial charge on any atom is -0.496 e. The van der Waals surface area contributed by atoms with E-state index < -0.39 is 11.9 Å². The number of hydrogen-bond acceptors (Lipinski definition) is 6. The maximum absolute atomic E-state index is 12.9. The number of esters is 2. The molecule has 1 atom stereocenters. The molecule has 0 saturated carbocycles. The number of ether oxygens (including phenoxy) is 3. The molecule has 0 radical (unpaired) electrons. The van der Waals surface area contributed by atoms with Gasteiger partial charge in [0.1, 0.15) is 17.9 Å². The number of benzene rings is 1. The Morgan fingerprint density at radius 1 is 1.18 bits per heavy atom. The largest absolute Gasteiger partial charge is 0.496 e. The molecule has 0 aliphatic carbocycles. The number of hydrogen-bond donors (Lipinski definition) is 1. The van der Waals surface area contributed by atoms with E-state index in [1.54, 1.807) is 7.11 Å². The van der Waals surface area contributed by atoms with Crippen LogP contribution in [0.5, 0.6) is 11.5 Å². The highest BCUT2D eigenvalue weighted by atomic mass is 16.6. The van der Waals surface area contributed by atoms with Crippen LogP contribution in [0.3, 0.4) is 0 Å². The van der Waals surface area contributed by atoms with Crippen molar-refractivity contribution in [3.05, 3.63) is 33.9 Å². The van der Waals surface area contributed by atoms with Gasteiger partial charge in [-0.15, -0.1) is 0 Å². The molecular weight excluding hydrogens is 424 g/mol. The van der Waals surface area contributed by atoms with Gasteiger partial charge in [0.05, 0.1) is 13.0 Å². The lowest BCUT2D eigenvalue weighted by Gasteiger charge is -2.20. The minimum absolute atomic E-state index is 0.0341. The molecule has 0 spiro atoms. The molecule has 182 valence electrons. The molecule has 1 unspecified atom stereocenters. The molecule has 33 heavy (non-hydrogen) atoms. The Balaban J connectivity index is 2.39. The van der Waals surface area contributed by atoms with E-state index in [1.807, 2.05) is 26.8 Å². The molecule has 0 saturated heterocycles. The van der Waals surface area contributed by atoms with E-state index in [9.17, 15) is 14.4 Å². The minimum atomic E-state index is -0.862. The van der Waals surface area contributed by atoms with Crippen molar-refractivity contribution in [1.29, 1.82) is 0 Å². The van der Waals surface area contributed by atoms with Gasteiger partial charge in [-0.25, -0.2) is 4.79 Å². The SMILES string of the molecule is CCCCCCC(C)C(=O)Oc1c(C/C=C(\C)CCC(=O)O)c(OC)c(C)c2c1C(=O)OC2. The third-order valence-corrected chi connectivity index (χ3v) is 6.11. The third-order valence-electron chi connectivity index (χ3n) is 6.11. The molecule has 2 rings (SSSR count). The molecule has 1 heterocycles. The van der Waals surface area contributed by atoms with Gasteiger partial charge in [0, 0.05) is 17.5 Å². The van der Waals surface area contributed by atoms with Crippen molar-refractivity contribution in [2.24, 2.45) is 5.92 Å². The predicted octanol–water partition coefficient (Wildman–Crippen LogP) is 5.54. The fourth-order valence-electron chi connectivity index (χ4n) is 4.00. The topological polar surface area (TPSA) is 99.1 Å². The van der Waals surface area contributed by atoms with Gasteiger partial charge in [-0.1, -0.05) is 51.2 Å². The highest BCUT2D eigenvalue weighted by molar-refractivity contribution is 5.99. The van der Waals surface area contributed by atoms with E-state index in [4.69, 9.17) is 19.3 Å². The number of fused-ring (bicyclic) bond motifs is 1. The second-order valence-corrected chi connectivity index (χ2v) is 8.72. The monoisotopic (exact) mass is 460 g/mol. The lowest BCUT2D eigenvalue weighted by molar-refractivity contribution is -0.139. The first-order valence-corrected chi connectivity index (χ1v) is 11.7. The smallest absolute Gasteiger partial charge is 0.342 e. The van der Waals surface area contributed by atoms with Crippen LogP contribution in [-0.2, 0) is 27.4 Å². The fourth-order valence-corrected chi connectivity index (χ4v) is 4.00. The van der Waals surface area contributed by atoms with Crippen LogP contribution in [0.1, 0.15) is 92.8 Å². The lowest BCUT2D eigenvalue weighted by Crippen LogP contribution is -2.20. The molecule has 1 aliphatic heterocycles. The average molecular weight is 461 g/mol. The van der Waals surface area contributed by atoms with Crippen LogP contribution >= 0.6 is 0 Å². The molecule has 0 fully saturated rings. The Morgan fingerprint density at radius 2 is 1.91 bits per heavy atom. The van der Waals surface area contributed by atoms with E-state index >= 15 is 0 Å². The van der Waals surface area contributed by atoms with Crippen molar-refractivity contribution in [3.63, 3.8) is 0 Å². The predicted molar refractivity (Wildman–Crippen MR) is 125 cm³/mol. The number of allylic oxidation sites excluding steroid dienone is 2. The van der Waals surface area contributed by atoms with Crippen molar-refractivity contribution < 1.29 is 33.7 Å². The van der Waals surface area contributed by atoms with Crippen molar-refractivity contribution >= 4 is 17.9 Å². The third kappa shape index (κ3) is 6.83. The summed E-state index contributed by atoms with van der Waals surface area (Å²) in [6.45, 7) is 7.80. The Hall–Kier alpha value is -2.83. The first-order chi connectivity index (χ1) is 15.7. The molecule has 0 aromatic heterocycles. The summed E-state index contributed by atoms with van der Waals surface area (Å²) in [5, 5.41) is 8.93. The van der Waals surface area contributed by atoms with Crippen LogP contribution in [0, 0.1) is 12.8 Å². The number of unbranched alkanes of at least 4 members (excludes halogenated alkanes) is 3. The van der Waals surface area contributed by atoms with Crippen molar-refractivity contribution in [2.45, 2.75) is 85.7 Å². The van der Waals surface area contributed by atoms with E-state index in [0.29, 0.717) is 29.7 Å². The summed E-state index contributed by atoms with van der Waals surface area (Å²) in [4.78, 5) is 36.4. The molecule has 7 nitrogen and oxygen atoms in total. The number of carbonyl (C=O) groups excluding carboxylic acids is 2. The summed E-state index contributed by atoms with van der Waals surface area (Å²) in [7, 11) is 1.54. The summed E-state index contributed by atoms with van der Waals surface area (Å²) in [6, 6.07) is 0. The van der Waals surface area contributed by atoms with E-state index in [-0.39, 0.29) is 36.2 Å². The van der Waals surface area contributed by atoms with Gasteiger partial charge >= 0.3 is 17.9 Å². The Bertz CT molecular complexity index is 914. The van der Waals surface area contributed by atoms with Crippen LogP contribution in [0.2, 0.25) is 0 Å². The van der Waals surface area contributed by atoms with Crippen LogP contribution in [0.25, 0.3) is 0 Å². The highest BCUT2D eigenvalue weighted by Crippen LogP contribution is 2.43. The van der Waals surface area contributed by atoms with Crippen molar-refractivity contribution in [1.82, 2.24) is 0 Å². The number of aliphatic carboxylic acids is 1. The summed E-state index contributed by atoms with van der Waals surface area (Å²) in [5.74, 6) is -1.31. The summed E-state index contributed by atoms with van der Waals surface area (Å²) in [6.07, 6.45) is 7.66.